The van der Waals surface area contributed by atoms with Crippen molar-refractivity contribution in [3.05, 3.63) is 0 Å². The van der Waals surface area contributed by atoms with Crippen LogP contribution in [0.5, 0.6) is 0 Å². The average molecular weight is 175 g/mol. The molecule has 0 aromatic heterocycles. The Morgan fingerprint density at radius 1 is 1.50 bits per heavy atom. The van der Waals surface area contributed by atoms with Gasteiger partial charge in [0, 0.05) is 0 Å². The van der Waals surface area contributed by atoms with Gasteiger partial charge in [0.05, 0.1) is 0 Å². The van der Waals surface area contributed by atoms with E-state index in [1.165, 1.54) is 0 Å². The van der Waals surface area contributed by atoms with Crippen molar-refractivity contribution >= 4 is 6.16 Å². The number of ether oxygens (including phenoxy) is 2. The van der Waals surface area contributed by atoms with Gasteiger partial charge in [0.1, 0.15) is 12.8 Å². The standard InChI is InChI=1S/C8H17NO3/c1-4-6(2)7(3)12-8(10)11-5-9/h6-7H,4-5,9H2,1-3H3. The zero-order valence-electron chi connectivity index (χ0n) is 7.87. The Balaban J connectivity index is 3.67. The van der Waals surface area contributed by atoms with Crippen LogP contribution in [0.25, 0.3) is 0 Å². The van der Waals surface area contributed by atoms with Crippen LogP contribution in [0.15, 0.2) is 0 Å². The third kappa shape index (κ3) is 4.18. The molecule has 0 spiro atoms. The lowest BCUT2D eigenvalue weighted by Crippen LogP contribution is -2.23. The number of hydrogen-bond donors (Lipinski definition) is 1. The van der Waals surface area contributed by atoms with E-state index in [2.05, 4.69) is 4.74 Å². The van der Waals surface area contributed by atoms with Crippen molar-refractivity contribution in [3.63, 3.8) is 0 Å². The largest absolute Gasteiger partial charge is 0.509 e. The number of carbonyl (C=O) groups excluding carboxylic acids is 1. The minimum Gasteiger partial charge on any atom is -0.431 e. The maximum absolute atomic E-state index is 10.7. The minimum atomic E-state index is -0.690. The van der Waals surface area contributed by atoms with Crippen LogP contribution in [-0.2, 0) is 9.47 Å². The molecule has 0 heterocycles. The fourth-order valence-corrected chi connectivity index (χ4v) is 0.702. The van der Waals surface area contributed by atoms with Crippen LogP contribution in [0, 0.1) is 5.92 Å². The van der Waals surface area contributed by atoms with E-state index < -0.39 is 6.16 Å². The smallest absolute Gasteiger partial charge is 0.431 e. The molecule has 0 aromatic rings. The third-order valence-corrected chi connectivity index (χ3v) is 1.93. The number of carbonyl (C=O) groups is 1. The van der Waals surface area contributed by atoms with Crippen molar-refractivity contribution in [1.29, 1.82) is 0 Å². The molecule has 0 saturated carbocycles. The molecule has 0 aromatic carbocycles. The Morgan fingerprint density at radius 2 is 2.08 bits per heavy atom. The first kappa shape index (κ1) is 11.2. The molecule has 0 rings (SSSR count). The lowest BCUT2D eigenvalue weighted by atomic mass is 10.0. The molecule has 0 aliphatic carbocycles. The molecule has 0 aliphatic rings. The maximum Gasteiger partial charge on any atom is 0.509 e. The zero-order chi connectivity index (χ0) is 9.56. The second-order valence-corrected chi connectivity index (χ2v) is 2.77. The quantitative estimate of drug-likeness (QED) is 0.519. The van der Waals surface area contributed by atoms with Gasteiger partial charge in [0.15, 0.2) is 0 Å². The van der Waals surface area contributed by atoms with Gasteiger partial charge in [-0.1, -0.05) is 20.3 Å². The van der Waals surface area contributed by atoms with E-state index in [0.29, 0.717) is 5.92 Å². The second-order valence-electron chi connectivity index (χ2n) is 2.77. The summed E-state index contributed by atoms with van der Waals surface area (Å²) in [6, 6.07) is 0. The van der Waals surface area contributed by atoms with E-state index in [1.54, 1.807) is 0 Å². The lowest BCUT2D eigenvalue weighted by molar-refractivity contribution is 0.0128. The van der Waals surface area contributed by atoms with Crippen molar-refractivity contribution in [2.24, 2.45) is 11.7 Å². The number of hydrogen-bond acceptors (Lipinski definition) is 4. The monoisotopic (exact) mass is 175 g/mol. The van der Waals surface area contributed by atoms with Gasteiger partial charge < -0.3 is 9.47 Å². The summed E-state index contributed by atoms with van der Waals surface area (Å²) in [6.07, 6.45) is 0.163. The van der Waals surface area contributed by atoms with Crippen molar-refractivity contribution in [1.82, 2.24) is 0 Å². The molecule has 2 unspecified atom stereocenters. The molecule has 0 radical (unpaired) electrons. The summed E-state index contributed by atoms with van der Waals surface area (Å²) in [5, 5.41) is 0. The highest BCUT2D eigenvalue weighted by molar-refractivity contribution is 5.59. The Kier molecular flexibility index (Phi) is 5.45. The molecule has 0 aliphatic heterocycles. The predicted octanol–water partition coefficient (Wildman–Crippen LogP) is 1.49. The van der Waals surface area contributed by atoms with E-state index in [0.717, 1.165) is 6.42 Å². The van der Waals surface area contributed by atoms with Gasteiger partial charge >= 0.3 is 6.16 Å². The fourth-order valence-electron chi connectivity index (χ4n) is 0.702. The van der Waals surface area contributed by atoms with E-state index >= 15 is 0 Å². The van der Waals surface area contributed by atoms with Gasteiger partial charge in [-0.25, -0.2) is 4.79 Å². The molecule has 0 bridgehead atoms. The molecule has 0 fully saturated rings. The number of nitrogens with two attached hydrogens (primary N) is 1. The highest BCUT2D eigenvalue weighted by atomic mass is 16.7. The first-order chi connectivity index (χ1) is 5.61. The van der Waals surface area contributed by atoms with E-state index in [9.17, 15) is 4.79 Å². The summed E-state index contributed by atoms with van der Waals surface area (Å²) in [7, 11) is 0. The van der Waals surface area contributed by atoms with E-state index in [4.69, 9.17) is 10.5 Å². The average Bonchev–Trinajstić information content (AvgIpc) is 2.03. The molecule has 12 heavy (non-hydrogen) atoms. The summed E-state index contributed by atoms with van der Waals surface area (Å²) < 4.78 is 9.33. The Hall–Kier alpha value is -0.770. The Bertz CT molecular complexity index is 138. The molecular weight excluding hydrogens is 158 g/mol. The van der Waals surface area contributed by atoms with Crippen LogP contribution in [0.1, 0.15) is 27.2 Å². The molecule has 72 valence electrons. The molecule has 2 N–H and O–H groups in total. The fraction of sp³-hybridized carbons (Fsp3) is 0.875. The summed E-state index contributed by atoms with van der Waals surface area (Å²) in [5.41, 5.74) is 4.99. The van der Waals surface area contributed by atoms with Crippen LogP contribution in [0.4, 0.5) is 4.79 Å². The second kappa shape index (κ2) is 5.83. The van der Waals surface area contributed by atoms with Crippen molar-refractivity contribution in [2.45, 2.75) is 33.3 Å². The summed E-state index contributed by atoms with van der Waals surface area (Å²) in [4.78, 5) is 10.7. The molecule has 0 saturated heterocycles. The molecule has 0 amide bonds. The molecule has 4 heteroatoms. The van der Waals surface area contributed by atoms with Crippen molar-refractivity contribution < 1.29 is 14.3 Å². The van der Waals surface area contributed by atoms with Crippen LogP contribution in [-0.4, -0.2) is 19.0 Å². The van der Waals surface area contributed by atoms with E-state index in [1.807, 2.05) is 20.8 Å². The lowest BCUT2D eigenvalue weighted by Gasteiger charge is -2.17. The van der Waals surface area contributed by atoms with Crippen LogP contribution < -0.4 is 5.73 Å². The normalized spacial score (nSPS) is 15.0. The molecule has 2 atom stereocenters. The summed E-state index contributed by atoms with van der Waals surface area (Å²) in [6.45, 7) is 5.76. The Labute approximate surface area is 73.0 Å². The Morgan fingerprint density at radius 3 is 2.50 bits per heavy atom. The van der Waals surface area contributed by atoms with Gasteiger partial charge in [-0.15, -0.1) is 0 Å². The highest BCUT2D eigenvalue weighted by Gasteiger charge is 2.15. The van der Waals surface area contributed by atoms with Gasteiger partial charge in [0.25, 0.3) is 0 Å². The SMILES string of the molecule is CCC(C)C(C)OC(=O)OCN. The molecule has 4 nitrogen and oxygen atoms in total. The molecular formula is C8H17NO3. The minimum absolute atomic E-state index is 0.117. The number of rotatable bonds is 4. The first-order valence-corrected chi connectivity index (χ1v) is 4.15. The van der Waals surface area contributed by atoms with Crippen molar-refractivity contribution in [2.75, 3.05) is 6.73 Å². The van der Waals surface area contributed by atoms with Gasteiger partial charge in [-0.05, 0) is 12.8 Å². The summed E-state index contributed by atoms with van der Waals surface area (Å²) >= 11 is 0. The van der Waals surface area contributed by atoms with E-state index in [-0.39, 0.29) is 12.8 Å². The van der Waals surface area contributed by atoms with Crippen LogP contribution >= 0.6 is 0 Å². The predicted molar refractivity (Wildman–Crippen MR) is 45.5 cm³/mol. The summed E-state index contributed by atoms with van der Waals surface area (Å²) in [5.74, 6) is 0.343. The highest BCUT2D eigenvalue weighted by Crippen LogP contribution is 2.10. The third-order valence-electron chi connectivity index (χ3n) is 1.93. The first-order valence-electron chi connectivity index (χ1n) is 4.15. The van der Waals surface area contributed by atoms with Crippen molar-refractivity contribution in [3.8, 4) is 0 Å². The maximum atomic E-state index is 10.7. The van der Waals surface area contributed by atoms with Gasteiger partial charge in [-0.2, -0.15) is 0 Å². The van der Waals surface area contributed by atoms with Crippen LogP contribution in [0.3, 0.4) is 0 Å². The zero-order valence-corrected chi connectivity index (χ0v) is 7.87. The van der Waals surface area contributed by atoms with Gasteiger partial charge in [-0.3, -0.25) is 5.73 Å². The van der Waals surface area contributed by atoms with Crippen LogP contribution in [0.2, 0.25) is 0 Å². The van der Waals surface area contributed by atoms with Gasteiger partial charge in [0.2, 0.25) is 0 Å². The topological polar surface area (TPSA) is 61.5 Å².